The summed E-state index contributed by atoms with van der Waals surface area (Å²) in [6.45, 7) is 4.15. The van der Waals surface area contributed by atoms with Crippen LogP contribution < -0.4 is 5.73 Å². The van der Waals surface area contributed by atoms with E-state index in [1.165, 1.54) is 23.8 Å². The zero-order chi connectivity index (χ0) is 12.1. The molecule has 2 N–H and O–H groups in total. The van der Waals surface area contributed by atoms with E-state index in [4.69, 9.17) is 5.73 Å². The summed E-state index contributed by atoms with van der Waals surface area (Å²) in [6.07, 6.45) is 0.972. The molecule has 1 rings (SSSR count). The van der Waals surface area contributed by atoms with E-state index in [0.29, 0.717) is 6.42 Å². The minimum Gasteiger partial charge on any atom is -0.469 e. The fourth-order valence-corrected chi connectivity index (χ4v) is 1.60. The summed E-state index contributed by atoms with van der Waals surface area (Å²) < 4.78 is 4.58. The van der Waals surface area contributed by atoms with Crippen molar-refractivity contribution < 1.29 is 9.53 Å². The Bertz CT molecular complexity index is 374. The van der Waals surface area contributed by atoms with E-state index >= 15 is 0 Å². The lowest BCUT2D eigenvalue weighted by Crippen LogP contribution is -2.26. The molecular formula is C13H19NO2. The summed E-state index contributed by atoms with van der Waals surface area (Å²) in [6, 6.07) is 6.08. The van der Waals surface area contributed by atoms with Gasteiger partial charge in [0, 0.05) is 6.04 Å². The van der Waals surface area contributed by atoms with Gasteiger partial charge in [0.2, 0.25) is 0 Å². The minimum absolute atomic E-state index is 0.172. The molecule has 0 heterocycles. The summed E-state index contributed by atoms with van der Waals surface area (Å²) in [4.78, 5) is 11.0. The maximum atomic E-state index is 11.0. The van der Waals surface area contributed by atoms with Gasteiger partial charge in [-0.15, -0.1) is 0 Å². The minimum atomic E-state index is -0.253. The predicted molar refractivity (Wildman–Crippen MR) is 64.2 cm³/mol. The molecule has 0 radical (unpaired) electrons. The van der Waals surface area contributed by atoms with Crippen molar-refractivity contribution in [3.05, 3.63) is 34.9 Å². The third kappa shape index (κ3) is 3.66. The number of esters is 1. The van der Waals surface area contributed by atoms with Crippen LogP contribution >= 0.6 is 0 Å². The SMILES string of the molecule is COC(=O)CC(N)Cc1ccc(C)c(C)c1. The quantitative estimate of drug-likeness (QED) is 0.788. The normalized spacial score (nSPS) is 12.2. The fraction of sp³-hybridized carbons (Fsp3) is 0.462. The first-order chi connectivity index (χ1) is 7.52. The lowest BCUT2D eigenvalue weighted by Gasteiger charge is -2.11. The largest absolute Gasteiger partial charge is 0.469 e. The van der Waals surface area contributed by atoms with Crippen LogP contribution in [-0.4, -0.2) is 19.1 Å². The highest BCUT2D eigenvalue weighted by Gasteiger charge is 2.10. The lowest BCUT2D eigenvalue weighted by atomic mass is 10.00. The number of nitrogens with two attached hydrogens (primary N) is 1. The van der Waals surface area contributed by atoms with E-state index in [1.54, 1.807) is 0 Å². The van der Waals surface area contributed by atoms with Crippen LogP contribution in [0.25, 0.3) is 0 Å². The Kier molecular flexibility index (Phi) is 4.50. The molecule has 0 saturated carbocycles. The number of carbonyl (C=O) groups is 1. The number of hydrogen-bond acceptors (Lipinski definition) is 3. The van der Waals surface area contributed by atoms with E-state index < -0.39 is 0 Å². The highest BCUT2D eigenvalue weighted by atomic mass is 16.5. The highest BCUT2D eigenvalue weighted by Crippen LogP contribution is 2.12. The number of methoxy groups -OCH3 is 1. The molecule has 1 atom stereocenters. The molecular weight excluding hydrogens is 202 g/mol. The second-order valence-electron chi connectivity index (χ2n) is 4.16. The molecule has 0 amide bonds. The number of aryl methyl sites for hydroxylation is 2. The van der Waals surface area contributed by atoms with Crippen LogP contribution in [0.2, 0.25) is 0 Å². The maximum absolute atomic E-state index is 11.0. The third-order valence-corrected chi connectivity index (χ3v) is 2.73. The molecule has 3 nitrogen and oxygen atoms in total. The van der Waals surface area contributed by atoms with Gasteiger partial charge >= 0.3 is 5.97 Å². The lowest BCUT2D eigenvalue weighted by molar-refractivity contribution is -0.140. The predicted octanol–water partition coefficient (Wildman–Crippen LogP) is 1.74. The van der Waals surface area contributed by atoms with E-state index in [0.717, 1.165) is 0 Å². The van der Waals surface area contributed by atoms with Crippen LogP contribution in [0.4, 0.5) is 0 Å². The molecule has 0 aliphatic rings. The Hall–Kier alpha value is -1.35. The van der Waals surface area contributed by atoms with Crippen LogP contribution in [0.3, 0.4) is 0 Å². The van der Waals surface area contributed by atoms with Crippen LogP contribution in [0.5, 0.6) is 0 Å². The first-order valence-electron chi connectivity index (χ1n) is 5.41. The summed E-state index contributed by atoms with van der Waals surface area (Å²) in [5.74, 6) is -0.253. The average Bonchev–Trinajstić information content (AvgIpc) is 2.23. The van der Waals surface area contributed by atoms with Crippen molar-refractivity contribution in [1.82, 2.24) is 0 Å². The Balaban J connectivity index is 2.59. The zero-order valence-corrected chi connectivity index (χ0v) is 10.1. The molecule has 0 fully saturated rings. The van der Waals surface area contributed by atoms with Gasteiger partial charge in [-0.05, 0) is 37.0 Å². The van der Waals surface area contributed by atoms with Crippen molar-refractivity contribution in [2.45, 2.75) is 32.7 Å². The molecule has 88 valence electrons. The van der Waals surface area contributed by atoms with Crippen molar-refractivity contribution in [2.24, 2.45) is 5.73 Å². The van der Waals surface area contributed by atoms with Crippen molar-refractivity contribution in [1.29, 1.82) is 0 Å². The Morgan fingerprint density at radius 3 is 2.62 bits per heavy atom. The summed E-state index contributed by atoms with van der Waals surface area (Å²) >= 11 is 0. The van der Waals surface area contributed by atoms with E-state index in [1.807, 2.05) is 0 Å². The van der Waals surface area contributed by atoms with Crippen LogP contribution in [0.15, 0.2) is 18.2 Å². The monoisotopic (exact) mass is 221 g/mol. The maximum Gasteiger partial charge on any atom is 0.307 e. The van der Waals surface area contributed by atoms with Crippen LogP contribution in [-0.2, 0) is 16.0 Å². The summed E-state index contributed by atoms with van der Waals surface area (Å²) in [5.41, 5.74) is 9.56. The first kappa shape index (κ1) is 12.7. The van der Waals surface area contributed by atoms with E-state index in [2.05, 4.69) is 36.8 Å². The highest BCUT2D eigenvalue weighted by molar-refractivity contribution is 5.69. The third-order valence-electron chi connectivity index (χ3n) is 2.73. The Morgan fingerprint density at radius 2 is 2.06 bits per heavy atom. The number of benzene rings is 1. The van der Waals surface area contributed by atoms with Gasteiger partial charge in [0.15, 0.2) is 0 Å². The van der Waals surface area contributed by atoms with E-state index in [-0.39, 0.29) is 18.4 Å². The van der Waals surface area contributed by atoms with Gasteiger partial charge in [-0.1, -0.05) is 18.2 Å². The molecule has 1 aromatic rings. The van der Waals surface area contributed by atoms with Crippen molar-refractivity contribution in [3.8, 4) is 0 Å². The molecule has 0 aromatic heterocycles. The smallest absolute Gasteiger partial charge is 0.307 e. The number of ether oxygens (including phenoxy) is 1. The van der Waals surface area contributed by atoms with Crippen molar-refractivity contribution in [2.75, 3.05) is 7.11 Å². The first-order valence-corrected chi connectivity index (χ1v) is 5.41. The molecule has 3 heteroatoms. The molecule has 0 saturated heterocycles. The molecule has 1 unspecified atom stereocenters. The van der Waals surface area contributed by atoms with Gasteiger partial charge in [-0.2, -0.15) is 0 Å². The van der Waals surface area contributed by atoms with Gasteiger partial charge < -0.3 is 10.5 Å². The van der Waals surface area contributed by atoms with Gasteiger partial charge in [0.1, 0.15) is 0 Å². The Morgan fingerprint density at radius 1 is 1.38 bits per heavy atom. The van der Waals surface area contributed by atoms with Crippen LogP contribution in [0, 0.1) is 13.8 Å². The van der Waals surface area contributed by atoms with Gasteiger partial charge in [-0.3, -0.25) is 4.79 Å². The van der Waals surface area contributed by atoms with Gasteiger partial charge in [-0.25, -0.2) is 0 Å². The standard InChI is InChI=1S/C13H19NO2/c1-9-4-5-11(6-10(9)2)7-12(14)8-13(15)16-3/h4-6,12H,7-8,14H2,1-3H3. The number of hydrogen-bond donors (Lipinski definition) is 1. The number of rotatable bonds is 4. The molecule has 0 aliphatic carbocycles. The van der Waals surface area contributed by atoms with Crippen LogP contribution in [0.1, 0.15) is 23.1 Å². The van der Waals surface area contributed by atoms with Crippen molar-refractivity contribution >= 4 is 5.97 Å². The Labute approximate surface area is 96.6 Å². The second-order valence-corrected chi connectivity index (χ2v) is 4.16. The number of carbonyl (C=O) groups excluding carboxylic acids is 1. The molecule has 0 bridgehead atoms. The van der Waals surface area contributed by atoms with E-state index in [9.17, 15) is 4.79 Å². The molecule has 16 heavy (non-hydrogen) atoms. The fourth-order valence-electron chi connectivity index (χ4n) is 1.60. The summed E-state index contributed by atoms with van der Waals surface area (Å²) in [7, 11) is 1.38. The second kappa shape index (κ2) is 5.66. The van der Waals surface area contributed by atoms with Gasteiger partial charge in [0.25, 0.3) is 0 Å². The average molecular weight is 221 g/mol. The molecule has 1 aromatic carbocycles. The molecule has 0 spiro atoms. The van der Waals surface area contributed by atoms with Gasteiger partial charge in [0.05, 0.1) is 13.5 Å². The topological polar surface area (TPSA) is 52.3 Å². The van der Waals surface area contributed by atoms with Crippen molar-refractivity contribution in [3.63, 3.8) is 0 Å². The zero-order valence-electron chi connectivity index (χ0n) is 10.1. The molecule has 0 aliphatic heterocycles. The summed E-state index contributed by atoms with van der Waals surface area (Å²) in [5, 5.41) is 0.